The molecule has 1 amide bonds. The third-order valence-corrected chi connectivity index (χ3v) is 6.08. The molecular weight excluding hydrogens is 446 g/mol. The number of hydrogen-bond donors (Lipinski definition) is 1. The lowest BCUT2D eigenvalue weighted by Crippen LogP contribution is -2.29. The van der Waals surface area contributed by atoms with E-state index < -0.39 is 23.7 Å². The SMILES string of the molecule is CCc1ccc(C2/C(=C(\O)c3ccccc3OC)C(=O)C(=O)N2c2ccc(C(=O)OC)cc2)cc1. The average Bonchev–Trinajstić information content (AvgIpc) is 3.17. The van der Waals surface area contributed by atoms with Gasteiger partial charge in [-0.05, 0) is 53.9 Å². The number of para-hydroxylation sites is 1. The molecule has 0 spiro atoms. The second kappa shape index (κ2) is 9.85. The lowest BCUT2D eigenvalue weighted by Gasteiger charge is -2.26. The van der Waals surface area contributed by atoms with Crippen LogP contribution in [0.2, 0.25) is 0 Å². The number of esters is 1. The number of hydrogen-bond acceptors (Lipinski definition) is 6. The van der Waals surface area contributed by atoms with Gasteiger partial charge in [0.1, 0.15) is 11.5 Å². The van der Waals surface area contributed by atoms with Crippen molar-refractivity contribution < 1.29 is 29.0 Å². The number of aryl methyl sites for hydroxylation is 1. The lowest BCUT2D eigenvalue weighted by atomic mass is 9.94. The maximum absolute atomic E-state index is 13.3. The van der Waals surface area contributed by atoms with Crippen molar-refractivity contribution in [1.82, 2.24) is 0 Å². The summed E-state index contributed by atoms with van der Waals surface area (Å²) >= 11 is 0. The first-order valence-electron chi connectivity index (χ1n) is 11.1. The van der Waals surface area contributed by atoms with Crippen molar-refractivity contribution in [1.29, 1.82) is 0 Å². The molecule has 1 heterocycles. The second-order valence-electron chi connectivity index (χ2n) is 8.00. The summed E-state index contributed by atoms with van der Waals surface area (Å²) < 4.78 is 10.1. The van der Waals surface area contributed by atoms with Gasteiger partial charge in [-0.3, -0.25) is 14.5 Å². The number of benzene rings is 3. The van der Waals surface area contributed by atoms with Crippen LogP contribution in [0.5, 0.6) is 5.75 Å². The van der Waals surface area contributed by atoms with Gasteiger partial charge in [0.05, 0.1) is 37.0 Å². The number of carbonyl (C=O) groups is 3. The molecule has 1 fully saturated rings. The molecule has 1 unspecified atom stereocenters. The van der Waals surface area contributed by atoms with Crippen molar-refractivity contribution >= 4 is 29.1 Å². The van der Waals surface area contributed by atoms with Crippen LogP contribution in [-0.2, 0) is 20.7 Å². The van der Waals surface area contributed by atoms with E-state index in [1.807, 2.05) is 31.2 Å². The summed E-state index contributed by atoms with van der Waals surface area (Å²) in [4.78, 5) is 39.8. The van der Waals surface area contributed by atoms with E-state index in [-0.39, 0.29) is 11.3 Å². The predicted molar refractivity (Wildman–Crippen MR) is 131 cm³/mol. The molecule has 35 heavy (non-hydrogen) atoms. The minimum Gasteiger partial charge on any atom is -0.507 e. The third-order valence-electron chi connectivity index (χ3n) is 6.08. The van der Waals surface area contributed by atoms with Gasteiger partial charge in [-0.15, -0.1) is 0 Å². The Morgan fingerprint density at radius 3 is 2.20 bits per heavy atom. The molecule has 178 valence electrons. The molecule has 7 heteroatoms. The Balaban J connectivity index is 1.91. The highest BCUT2D eigenvalue weighted by Gasteiger charge is 2.47. The van der Waals surface area contributed by atoms with Crippen LogP contribution in [0, 0.1) is 0 Å². The van der Waals surface area contributed by atoms with Crippen LogP contribution in [0.1, 0.15) is 40.0 Å². The van der Waals surface area contributed by atoms with E-state index in [9.17, 15) is 19.5 Å². The minimum atomic E-state index is -0.880. The van der Waals surface area contributed by atoms with Gasteiger partial charge < -0.3 is 14.6 Å². The molecule has 3 aromatic rings. The summed E-state index contributed by atoms with van der Waals surface area (Å²) in [5, 5.41) is 11.3. The highest BCUT2D eigenvalue weighted by Crippen LogP contribution is 2.43. The number of nitrogens with zero attached hydrogens (tertiary/aromatic N) is 1. The molecule has 0 saturated carbocycles. The quantitative estimate of drug-likeness (QED) is 0.243. The number of carbonyl (C=O) groups excluding carboxylic acids is 3. The molecule has 0 radical (unpaired) electrons. The van der Waals surface area contributed by atoms with Crippen molar-refractivity contribution in [2.45, 2.75) is 19.4 Å². The summed E-state index contributed by atoms with van der Waals surface area (Å²) in [6.45, 7) is 2.03. The van der Waals surface area contributed by atoms with Gasteiger partial charge in [0.25, 0.3) is 11.7 Å². The number of ketones is 1. The standard InChI is InChI=1S/C28H25NO6/c1-4-17-9-11-18(12-10-17)24-23(25(30)21-7-5-6-8-22(21)34-2)26(31)27(32)29(24)20-15-13-19(14-16-20)28(33)35-3/h5-16,24,30H,4H2,1-3H3/b25-23+. The van der Waals surface area contributed by atoms with E-state index >= 15 is 0 Å². The number of Topliss-reactive ketones (excluding diaryl/α,β-unsaturated/α-hetero) is 1. The van der Waals surface area contributed by atoms with Crippen molar-refractivity contribution in [3.63, 3.8) is 0 Å². The number of methoxy groups -OCH3 is 2. The number of aliphatic hydroxyl groups excluding tert-OH is 1. The summed E-state index contributed by atoms with van der Waals surface area (Å²) in [6.07, 6.45) is 0.830. The minimum absolute atomic E-state index is 0.0409. The molecule has 1 atom stereocenters. The monoisotopic (exact) mass is 471 g/mol. The Hall–Kier alpha value is -4.39. The molecule has 1 aliphatic heterocycles. The topological polar surface area (TPSA) is 93.1 Å². The highest BCUT2D eigenvalue weighted by atomic mass is 16.5. The smallest absolute Gasteiger partial charge is 0.337 e. The lowest BCUT2D eigenvalue weighted by molar-refractivity contribution is -0.132. The fraction of sp³-hybridized carbons (Fsp3) is 0.179. The number of rotatable bonds is 6. The van der Waals surface area contributed by atoms with Crippen LogP contribution >= 0.6 is 0 Å². The van der Waals surface area contributed by atoms with Gasteiger partial charge in [-0.2, -0.15) is 0 Å². The number of amides is 1. The van der Waals surface area contributed by atoms with Crippen LogP contribution in [0.4, 0.5) is 5.69 Å². The number of aliphatic hydroxyl groups is 1. The van der Waals surface area contributed by atoms with Gasteiger partial charge in [0, 0.05) is 5.69 Å². The summed E-state index contributed by atoms with van der Waals surface area (Å²) in [6, 6.07) is 19.6. The van der Waals surface area contributed by atoms with Crippen LogP contribution in [-0.4, -0.2) is 37.0 Å². The zero-order valence-corrected chi connectivity index (χ0v) is 19.6. The van der Waals surface area contributed by atoms with Crippen LogP contribution < -0.4 is 9.64 Å². The van der Waals surface area contributed by atoms with E-state index in [1.54, 1.807) is 36.4 Å². The molecule has 1 aliphatic rings. The van der Waals surface area contributed by atoms with E-state index in [1.165, 1.54) is 31.3 Å². The normalized spacial score (nSPS) is 16.9. The third kappa shape index (κ3) is 4.28. The first-order chi connectivity index (χ1) is 16.9. The van der Waals surface area contributed by atoms with Crippen molar-refractivity contribution in [3.05, 3.63) is 101 Å². The molecule has 3 aromatic carbocycles. The maximum Gasteiger partial charge on any atom is 0.337 e. The molecule has 1 saturated heterocycles. The first-order valence-corrected chi connectivity index (χ1v) is 11.1. The van der Waals surface area contributed by atoms with Crippen LogP contribution in [0.15, 0.2) is 78.4 Å². The van der Waals surface area contributed by atoms with E-state index in [0.29, 0.717) is 28.1 Å². The van der Waals surface area contributed by atoms with E-state index in [4.69, 9.17) is 9.47 Å². The average molecular weight is 472 g/mol. The predicted octanol–water partition coefficient (Wildman–Crippen LogP) is 4.67. The maximum atomic E-state index is 13.3. The molecule has 7 nitrogen and oxygen atoms in total. The fourth-order valence-electron chi connectivity index (χ4n) is 4.21. The molecule has 0 aromatic heterocycles. The Bertz CT molecular complexity index is 1310. The molecular formula is C28H25NO6. The summed E-state index contributed by atoms with van der Waals surface area (Å²) in [5.41, 5.74) is 2.74. The second-order valence-corrected chi connectivity index (χ2v) is 8.00. The van der Waals surface area contributed by atoms with E-state index in [0.717, 1.165) is 12.0 Å². The van der Waals surface area contributed by atoms with Crippen LogP contribution in [0.3, 0.4) is 0 Å². The van der Waals surface area contributed by atoms with Gasteiger partial charge in [-0.1, -0.05) is 43.3 Å². The number of ether oxygens (including phenoxy) is 2. The zero-order valence-electron chi connectivity index (χ0n) is 19.6. The fourth-order valence-corrected chi connectivity index (χ4v) is 4.21. The largest absolute Gasteiger partial charge is 0.507 e. The summed E-state index contributed by atoms with van der Waals surface area (Å²) in [5.74, 6) is -2.05. The Morgan fingerprint density at radius 1 is 0.943 bits per heavy atom. The Morgan fingerprint density at radius 2 is 1.60 bits per heavy atom. The van der Waals surface area contributed by atoms with Gasteiger partial charge in [0.15, 0.2) is 0 Å². The Kier molecular flexibility index (Phi) is 6.68. The van der Waals surface area contributed by atoms with Crippen molar-refractivity contribution in [2.24, 2.45) is 0 Å². The zero-order chi connectivity index (χ0) is 25.1. The first kappa shape index (κ1) is 23.8. The molecule has 4 rings (SSSR count). The Labute approximate surface area is 203 Å². The van der Waals surface area contributed by atoms with Crippen molar-refractivity contribution in [2.75, 3.05) is 19.1 Å². The molecule has 0 aliphatic carbocycles. The van der Waals surface area contributed by atoms with Gasteiger partial charge in [-0.25, -0.2) is 4.79 Å². The number of anilines is 1. The molecule has 1 N–H and O–H groups in total. The highest BCUT2D eigenvalue weighted by molar-refractivity contribution is 6.51. The van der Waals surface area contributed by atoms with Crippen molar-refractivity contribution in [3.8, 4) is 5.75 Å². The summed E-state index contributed by atoms with van der Waals surface area (Å²) in [7, 11) is 2.75. The van der Waals surface area contributed by atoms with Crippen LogP contribution in [0.25, 0.3) is 5.76 Å². The van der Waals surface area contributed by atoms with Gasteiger partial charge >= 0.3 is 5.97 Å². The van der Waals surface area contributed by atoms with E-state index in [2.05, 4.69) is 0 Å². The van der Waals surface area contributed by atoms with Gasteiger partial charge in [0.2, 0.25) is 0 Å². The molecule has 0 bridgehead atoms.